The Bertz CT molecular complexity index is 567. The third-order valence-corrected chi connectivity index (χ3v) is 2.62. The highest BCUT2D eigenvalue weighted by molar-refractivity contribution is 6.03. The zero-order chi connectivity index (χ0) is 14.1. The zero-order valence-corrected chi connectivity index (χ0v) is 9.48. The normalized spacial score (nSPS) is 22.1. The number of carbonyl (C=O) groups excluding carboxylic acids is 1. The number of nitrogens with two attached hydrogens (primary N) is 1. The summed E-state index contributed by atoms with van der Waals surface area (Å²) in [4.78, 5) is 18.9. The van der Waals surface area contributed by atoms with E-state index in [2.05, 4.69) is 15.3 Å². The van der Waals surface area contributed by atoms with Crippen molar-refractivity contribution in [3.05, 3.63) is 42.0 Å². The first-order valence-corrected chi connectivity index (χ1v) is 5.17. The number of hydrogen-bond acceptors (Lipinski definition) is 4. The minimum absolute atomic E-state index is 0.525. The van der Waals surface area contributed by atoms with Gasteiger partial charge in [0.05, 0.1) is 11.3 Å². The van der Waals surface area contributed by atoms with Gasteiger partial charge in [-0.05, 0) is 12.1 Å². The maximum atomic E-state index is 13.0. The minimum Gasteiger partial charge on any atom is -0.367 e. The number of nitrogens with one attached hydrogen (secondary N) is 1. The van der Waals surface area contributed by atoms with Gasteiger partial charge >= 0.3 is 6.18 Å². The van der Waals surface area contributed by atoms with Crippen molar-refractivity contribution in [1.29, 1.82) is 0 Å². The lowest BCUT2D eigenvalue weighted by molar-refractivity contribution is -0.139. The van der Waals surface area contributed by atoms with Gasteiger partial charge in [-0.25, -0.2) is 0 Å². The van der Waals surface area contributed by atoms with E-state index in [1.54, 1.807) is 0 Å². The van der Waals surface area contributed by atoms with Crippen LogP contribution in [0, 0.1) is 0 Å². The molecule has 1 atom stereocenters. The highest BCUT2D eigenvalue weighted by Crippen LogP contribution is 2.35. The molecule has 1 aliphatic heterocycles. The quantitative estimate of drug-likeness (QED) is 0.838. The van der Waals surface area contributed by atoms with Gasteiger partial charge in [-0.15, -0.1) is 0 Å². The second kappa shape index (κ2) is 4.38. The Balaban J connectivity index is 2.66. The number of primary amides is 1. The molecule has 1 unspecified atom stereocenters. The molecule has 0 aliphatic carbocycles. The molecule has 0 fully saturated rings. The molecular formula is C11H9F3N4O. The van der Waals surface area contributed by atoms with Crippen LogP contribution in [0.5, 0.6) is 0 Å². The van der Waals surface area contributed by atoms with Crippen molar-refractivity contribution in [3.8, 4) is 0 Å². The molecule has 0 saturated heterocycles. The number of hydrogen-bond donors (Lipinski definition) is 2. The van der Waals surface area contributed by atoms with Gasteiger partial charge in [-0.1, -0.05) is 0 Å². The number of carbonyl (C=O) groups is 1. The fourth-order valence-corrected chi connectivity index (χ4v) is 1.73. The Morgan fingerprint density at radius 1 is 1.42 bits per heavy atom. The van der Waals surface area contributed by atoms with Crippen LogP contribution in [0.4, 0.5) is 13.2 Å². The summed E-state index contributed by atoms with van der Waals surface area (Å²) in [6.45, 7) is 0. The Morgan fingerprint density at radius 3 is 2.68 bits per heavy atom. The average Bonchev–Trinajstić information content (AvgIpc) is 2.38. The highest BCUT2D eigenvalue weighted by Gasteiger charge is 2.46. The molecule has 3 N–H and O–H groups in total. The number of rotatable bonds is 2. The van der Waals surface area contributed by atoms with E-state index in [-0.39, 0.29) is 0 Å². The smallest absolute Gasteiger partial charge is 0.367 e. The molecule has 100 valence electrons. The van der Waals surface area contributed by atoms with E-state index in [0.717, 1.165) is 24.5 Å². The molecule has 0 spiro atoms. The van der Waals surface area contributed by atoms with Crippen LogP contribution in [-0.2, 0) is 16.5 Å². The summed E-state index contributed by atoms with van der Waals surface area (Å²) in [7, 11) is 0. The van der Waals surface area contributed by atoms with Crippen LogP contribution in [0.25, 0.3) is 0 Å². The van der Waals surface area contributed by atoms with Gasteiger partial charge in [0.15, 0.2) is 5.54 Å². The van der Waals surface area contributed by atoms with Crippen LogP contribution >= 0.6 is 0 Å². The van der Waals surface area contributed by atoms with Crippen LogP contribution < -0.4 is 11.1 Å². The average molecular weight is 270 g/mol. The van der Waals surface area contributed by atoms with Crippen molar-refractivity contribution in [1.82, 2.24) is 10.3 Å². The third-order valence-electron chi connectivity index (χ3n) is 2.62. The first kappa shape index (κ1) is 13.1. The van der Waals surface area contributed by atoms with Gasteiger partial charge < -0.3 is 11.1 Å². The largest absolute Gasteiger partial charge is 0.418 e. The van der Waals surface area contributed by atoms with E-state index >= 15 is 0 Å². The van der Waals surface area contributed by atoms with E-state index in [4.69, 9.17) is 5.73 Å². The van der Waals surface area contributed by atoms with Crippen molar-refractivity contribution in [2.24, 2.45) is 10.7 Å². The Hall–Kier alpha value is -2.38. The summed E-state index contributed by atoms with van der Waals surface area (Å²) in [6, 6.07) is 1.97. The van der Waals surface area contributed by atoms with Crippen LogP contribution in [0.15, 0.2) is 35.7 Å². The second-order valence-corrected chi connectivity index (χ2v) is 3.81. The number of nitrogens with zero attached hydrogens (tertiary/aromatic N) is 2. The standard InChI is InChI=1S/C11H9F3N4O/c12-11(13,14)7-2-1-3-17-8(7)10(9(15)19)6-16-4-5-18-10/h1-6,18H,(H2,15,19). The Kier molecular flexibility index (Phi) is 3.01. The Labute approximate surface area is 106 Å². The lowest BCUT2D eigenvalue weighted by Crippen LogP contribution is -2.54. The van der Waals surface area contributed by atoms with E-state index in [1.165, 1.54) is 12.4 Å². The first-order valence-electron chi connectivity index (χ1n) is 5.17. The summed E-state index contributed by atoms with van der Waals surface area (Å²) < 4.78 is 38.9. The molecule has 1 aliphatic rings. The molecule has 1 aromatic heterocycles. The van der Waals surface area contributed by atoms with Crippen molar-refractivity contribution >= 4 is 12.1 Å². The van der Waals surface area contributed by atoms with E-state index in [1.807, 2.05) is 0 Å². The van der Waals surface area contributed by atoms with E-state index in [0.29, 0.717) is 0 Å². The second-order valence-electron chi connectivity index (χ2n) is 3.81. The predicted octanol–water partition coefficient (Wildman–Crippen LogP) is 0.926. The zero-order valence-electron chi connectivity index (χ0n) is 9.48. The fraction of sp³-hybridized carbons (Fsp3) is 0.182. The van der Waals surface area contributed by atoms with Crippen LogP contribution in [0.3, 0.4) is 0 Å². The third kappa shape index (κ3) is 2.16. The summed E-state index contributed by atoms with van der Waals surface area (Å²) in [5.41, 5.74) is 1.75. The van der Waals surface area contributed by atoms with Gasteiger partial charge in [0.25, 0.3) is 5.91 Å². The SMILES string of the molecule is NC(=O)C1(c2ncccc2C(F)(F)F)C=NC=CN1. The van der Waals surface area contributed by atoms with Gasteiger partial charge in [0, 0.05) is 24.8 Å². The molecule has 19 heavy (non-hydrogen) atoms. The number of alkyl halides is 3. The van der Waals surface area contributed by atoms with Crippen molar-refractivity contribution in [2.75, 3.05) is 0 Å². The van der Waals surface area contributed by atoms with Crippen LogP contribution in [0.2, 0.25) is 0 Å². The summed E-state index contributed by atoms with van der Waals surface area (Å²) >= 11 is 0. The maximum absolute atomic E-state index is 13.0. The summed E-state index contributed by atoms with van der Waals surface area (Å²) in [5, 5.41) is 2.49. The lowest BCUT2D eigenvalue weighted by atomic mass is 9.90. The van der Waals surface area contributed by atoms with Gasteiger partial charge in [-0.3, -0.25) is 14.8 Å². The number of halogens is 3. The lowest BCUT2D eigenvalue weighted by Gasteiger charge is -2.29. The van der Waals surface area contributed by atoms with Crippen LogP contribution in [0.1, 0.15) is 11.3 Å². The molecule has 0 saturated carbocycles. The number of aliphatic imine (C=N–C) groups is 1. The molecule has 0 radical (unpaired) electrons. The van der Waals surface area contributed by atoms with E-state index in [9.17, 15) is 18.0 Å². The number of aromatic nitrogens is 1. The summed E-state index contributed by atoms with van der Waals surface area (Å²) in [6.07, 6.45) is 0.0374. The molecular weight excluding hydrogens is 261 g/mol. The van der Waals surface area contributed by atoms with E-state index < -0.39 is 28.9 Å². The van der Waals surface area contributed by atoms with Crippen molar-refractivity contribution in [3.63, 3.8) is 0 Å². The topological polar surface area (TPSA) is 80.4 Å². The predicted molar refractivity (Wildman–Crippen MR) is 60.9 cm³/mol. The molecule has 2 heterocycles. The minimum atomic E-state index is -4.65. The highest BCUT2D eigenvalue weighted by atomic mass is 19.4. The van der Waals surface area contributed by atoms with Crippen LogP contribution in [-0.4, -0.2) is 17.1 Å². The van der Waals surface area contributed by atoms with Crippen molar-refractivity contribution < 1.29 is 18.0 Å². The molecule has 1 aromatic rings. The van der Waals surface area contributed by atoms with Gasteiger partial charge in [-0.2, -0.15) is 13.2 Å². The molecule has 0 aromatic carbocycles. The number of pyridine rings is 1. The van der Waals surface area contributed by atoms with Gasteiger partial charge in [0.1, 0.15) is 0 Å². The molecule has 1 amide bonds. The van der Waals surface area contributed by atoms with Crippen molar-refractivity contribution in [2.45, 2.75) is 11.7 Å². The molecule has 0 bridgehead atoms. The maximum Gasteiger partial charge on any atom is 0.418 e. The number of amides is 1. The molecule has 5 nitrogen and oxygen atoms in total. The molecule has 8 heteroatoms. The monoisotopic (exact) mass is 270 g/mol. The Morgan fingerprint density at radius 2 is 2.16 bits per heavy atom. The molecule has 2 rings (SSSR count). The van der Waals surface area contributed by atoms with Gasteiger partial charge in [0.2, 0.25) is 0 Å². The summed E-state index contributed by atoms with van der Waals surface area (Å²) in [5.74, 6) is -1.02. The fourth-order valence-electron chi connectivity index (χ4n) is 1.73. The first-order chi connectivity index (χ1) is 8.88.